The quantitative estimate of drug-likeness (QED) is 0.519. The van der Waals surface area contributed by atoms with E-state index in [1.165, 1.54) is 11.3 Å². The van der Waals surface area contributed by atoms with Gasteiger partial charge in [0.2, 0.25) is 0 Å². The highest BCUT2D eigenvalue weighted by molar-refractivity contribution is 7.12. The van der Waals surface area contributed by atoms with Gasteiger partial charge in [-0.3, -0.25) is 9.59 Å². The maximum Gasteiger partial charge on any atom is 0.329 e. The van der Waals surface area contributed by atoms with Crippen molar-refractivity contribution in [1.82, 2.24) is 10.6 Å². The Morgan fingerprint density at radius 2 is 1.53 bits per heavy atom. The van der Waals surface area contributed by atoms with Crippen molar-refractivity contribution >= 4 is 29.1 Å². The molecular formula is C23H22N2O4S. The van der Waals surface area contributed by atoms with Crippen LogP contribution in [-0.4, -0.2) is 30.4 Å². The number of carbonyl (C=O) groups is 3. The highest BCUT2D eigenvalue weighted by Crippen LogP contribution is 2.10. The van der Waals surface area contributed by atoms with Gasteiger partial charge in [-0.05, 0) is 22.6 Å². The molecule has 7 heteroatoms. The molecule has 30 heavy (non-hydrogen) atoms. The van der Waals surface area contributed by atoms with Crippen LogP contribution in [0.4, 0.5) is 0 Å². The largest absolute Gasteiger partial charge is 0.454 e. The maximum absolute atomic E-state index is 12.6. The minimum Gasteiger partial charge on any atom is -0.454 e. The number of rotatable bonds is 9. The van der Waals surface area contributed by atoms with Crippen LogP contribution in [0, 0.1) is 0 Å². The highest BCUT2D eigenvalue weighted by atomic mass is 32.1. The van der Waals surface area contributed by atoms with E-state index in [1.54, 1.807) is 17.5 Å². The zero-order valence-corrected chi connectivity index (χ0v) is 17.1. The van der Waals surface area contributed by atoms with Crippen LogP contribution in [0.2, 0.25) is 0 Å². The summed E-state index contributed by atoms with van der Waals surface area (Å²) in [5.74, 6) is -1.41. The van der Waals surface area contributed by atoms with Crippen LogP contribution in [-0.2, 0) is 27.3 Å². The van der Waals surface area contributed by atoms with E-state index >= 15 is 0 Å². The highest BCUT2D eigenvalue weighted by Gasteiger charge is 2.24. The molecule has 2 aromatic carbocycles. The van der Waals surface area contributed by atoms with E-state index in [9.17, 15) is 14.4 Å². The minimum atomic E-state index is -0.899. The van der Waals surface area contributed by atoms with Gasteiger partial charge in [0.25, 0.3) is 11.8 Å². The first kappa shape index (κ1) is 21.3. The van der Waals surface area contributed by atoms with E-state index in [4.69, 9.17) is 4.74 Å². The van der Waals surface area contributed by atoms with E-state index in [1.807, 2.05) is 60.7 Å². The Bertz CT molecular complexity index is 959. The lowest BCUT2D eigenvalue weighted by Crippen LogP contribution is -2.44. The predicted molar refractivity (Wildman–Crippen MR) is 115 cm³/mol. The molecule has 2 amide bonds. The predicted octanol–water partition coefficient (Wildman–Crippen LogP) is 2.95. The lowest BCUT2D eigenvalue weighted by Gasteiger charge is -2.17. The summed E-state index contributed by atoms with van der Waals surface area (Å²) >= 11 is 1.29. The van der Waals surface area contributed by atoms with Gasteiger partial charge in [-0.1, -0.05) is 66.7 Å². The van der Waals surface area contributed by atoms with Gasteiger partial charge in [0.05, 0.1) is 4.88 Å². The van der Waals surface area contributed by atoms with Gasteiger partial charge in [-0.2, -0.15) is 0 Å². The average molecular weight is 423 g/mol. The smallest absolute Gasteiger partial charge is 0.329 e. The number of hydrogen-bond donors (Lipinski definition) is 2. The molecule has 0 radical (unpaired) electrons. The monoisotopic (exact) mass is 422 g/mol. The summed E-state index contributed by atoms with van der Waals surface area (Å²) in [7, 11) is 0. The number of benzene rings is 2. The molecule has 1 aromatic heterocycles. The van der Waals surface area contributed by atoms with E-state index in [-0.39, 0.29) is 12.3 Å². The molecule has 0 bridgehead atoms. The number of thiophene rings is 1. The second-order valence-corrected chi connectivity index (χ2v) is 7.51. The Labute approximate surface area is 178 Å². The molecule has 3 aromatic rings. The van der Waals surface area contributed by atoms with Crippen LogP contribution >= 0.6 is 11.3 Å². The van der Waals surface area contributed by atoms with Gasteiger partial charge in [0, 0.05) is 13.0 Å². The molecular weight excluding hydrogens is 400 g/mol. The fourth-order valence-electron chi connectivity index (χ4n) is 2.77. The maximum atomic E-state index is 12.6. The third kappa shape index (κ3) is 6.56. The summed E-state index contributed by atoms with van der Waals surface area (Å²) in [5.41, 5.74) is 1.82. The zero-order valence-electron chi connectivity index (χ0n) is 16.2. The normalized spacial score (nSPS) is 11.3. The molecule has 0 saturated carbocycles. The van der Waals surface area contributed by atoms with Crippen molar-refractivity contribution in [3.8, 4) is 0 Å². The van der Waals surface area contributed by atoms with E-state index in [0.29, 0.717) is 11.4 Å². The van der Waals surface area contributed by atoms with Crippen LogP contribution in [0.25, 0.3) is 0 Å². The first-order valence-electron chi connectivity index (χ1n) is 9.47. The summed E-state index contributed by atoms with van der Waals surface area (Å²) in [6.07, 6.45) is 0.266. The van der Waals surface area contributed by atoms with Crippen molar-refractivity contribution in [3.05, 3.63) is 94.2 Å². The summed E-state index contributed by atoms with van der Waals surface area (Å²) in [4.78, 5) is 37.6. The van der Waals surface area contributed by atoms with Crippen LogP contribution in [0.15, 0.2) is 78.2 Å². The van der Waals surface area contributed by atoms with E-state index in [0.717, 1.165) is 11.1 Å². The molecule has 6 nitrogen and oxygen atoms in total. The van der Waals surface area contributed by atoms with Gasteiger partial charge in [0.1, 0.15) is 6.04 Å². The Hall–Kier alpha value is -3.45. The van der Waals surface area contributed by atoms with Crippen molar-refractivity contribution in [2.75, 3.05) is 6.61 Å². The first-order valence-corrected chi connectivity index (χ1v) is 10.4. The number of nitrogens with one attached hydrogen (secondary N) is 2. The topological polar surface area (TPSA) is 84.5 Å². The molecule has 0 aliphatic rings. The summed E-state index contributed by atoms with van der Waals surface area (Å²) in [6.45, 7) is -0.0639. The van der Waals surface area contributed by atoms with Gasteiger partial charge >= 0.3 is 5.97 Å². The standard InChI is InChI=1S/C23H22N2O4S/c26-21(24-15-18-10-5-2-6-11-18)16-29-23(28)19(14-17-8-3-1-4-9-17)25-22(27)20-12-7-13-30-20/h1-13,19H,14-16H2,(H,24,26)(H,25,27)/t19-/m1/s1. The Kier molecular flexibility index (Phi) is 7.74. The fraction of sp³-hybridized carbons (Fsp3) is 0.174. The SMILES string of the molecule is O=C(COC(=O)[C@@H](Cc1ccccc1)NC(=O)c1cccs1)NCc1ccccc1. The molecule has 1 heterocycles. The average Bonchev–Trinajstić information content (AvgIpc) is 3.32. The number of carbonyl (C=O) groups excluding carboxylic acids is 3. The lowest BCUT2D eigenvalue weighted by atomic mass is 10.1. The molecule has 0 aliphatic heterocycles. The molecule has 0 fully saturated rings. The van der Waals surface area contributed by atoms with Crippen molar-refractivity contribution < 1.29 is 19.1 Å². The van der Waals surface area contributed by atoms with Crippen LogP contribution in [0.1, 0.15) is 20.8 Å². The second kappa shape index (κ2) is 10.9. The third-order valence-corrected chi connectivity index (χ3v) is 5.16. The summed E-state index contributed by atoms with van der Waals surface area (Å²) in [5, 5.41) is 7.21. The first-order chi connectivity index (χ1) is 14.6. The molecule has 2 N–H and O–H groups in total. The van der Waals surface area contributed by atoms with Gasteiger partial charge in [0.15, 0.2) is 6.61 Å². The Morgan fingerprint density at radius 3 is 2.17 bits per heavy atom. The lowest BCUT2D eigenvalue weighted by molar-refractivity contribution is -0.150. The molecule has 0 saturated heterocycles. The summed E-state index contributed by atoms with van der Waals surface area (Å²) in [6, 6.07) is 21.3. The van der Waals surface area contributed by atoms with Crippen LogP contribution in [0.3, 0.4) is 0 Å². The minimum absolute atomic E-state index is 0.266. The van der Waals surface area contributed by atoms with Crippen molar-refractivity contribution in [1.29, 1.82) is 0 Å². The van der Waals surface area contributed by atoms with Crippen molar-refractivity contribution in [2.24, 2.45) is 0 Å². The zero-order chi connectivity index (χ0) is 21.2. The molecule has 3 rings (SSSR count). The summed E-state index contributed by atoms with van der Waals surface area (Å²) < 4.78 is 5.18. The molecule has 154 valence electrons. The fourth-order valence-corrected chi connectivity index (χ4v) is 3.39. The number of esters is 1. The van der Waals surface area contributed by atoms with E-state index in [2.05, 4.69) is 10.6 Å². The Balaban J connectivity index is 1.56. The molecule has 1 atom stereocenters. The number of ether oxygens (including phenoxy) is 1. The van der Waals surface area contributed by atoms with Crippen LogP contribution < -0.4 is 10.6 Å². The van der Waals surface area contributed by atoms with Gasteiger partial charge < -0.3 is 15.4 Å². The number of hydrogen-bond acceptors (Lipinski definition) is 5. The molecule has 0 spiro atoms. The van der Waals surface area contributed by atoms with Crippen molar-refractivity contribution in [2.45, 2.75) is 19.0 Å². The van der Waals surface area contributed by atoms with Gasteiger partial charge in [-0.25, -0.2) is 4.79 Å². The molecule has 0 unspecified atom stereocenters. The third-order valence-electron chi connectivity index (χ3n) is 4.30. The van der Waals surface area contributed by atoms with E-state index < -0.39 is 24.5 Å². The Morgan fingerprint density at radius 1 is 0.867 bits per heavy atom. The van der Waals surface area contributed by atoms with Crippen LogP contribution in [0.5, 0.6) is 0 Å². The number of amides is 2. The van der Waals surface area contributed by atoms with Crippen molar-refractivity contribution in [3.63, 3.8) is 0 Å². The second-order valence-electron chi connectivity index (χ2n) is 6.56. The van der Waals surface area contributed by atoms with Gasteiger partial charge in [-0.15, -0.1) is 11.3 Å². The molecule has 0 aliphatic carbocycles.